The van der Waals surface area contributed by atoms with Crippen molar-refractivity contribution in [2.24, 2.45) is 0 Å². The van der Waals surface area contributed by atoms with Gasteiger partial charge in [0.2, 0.25) is 11.8 Å². The molecule has 0 saturated heterocycles. The molecule has 0 bridgehead atoms. The Morgan fingerprint density at radius 3 is 2.35 bits per heavy atom. The van der Waals surface area contributed by atoms with E-state index in [1.807, 2.05) is 6.92 Å². The van der Waals surface area contributed by atoms with Crippen LogP contribution in [0.1, 0.15) is 19.8 Å². The van der Waals surface area contributed by atoms with Crippen molar-refractivity contribution in [3.05, 3.63) is 51.5 Å². The number of anilines is 3. The lowest BCUT2D eigenvalue weighted by molar-refractivity contribution is -0.116. The lowest BCUT2D eigenvalue weighted by atomic mass is 10.2. The molecule has 3 N–H and O–H groups in total. The number of carbonyl (C=O) groups excluding carboxylic acids is 2. The first-order chi connectivity index (χ1) is 12.4. The summed E-state index contributed by atoms with van der Waals surface area (Å²) in [6, 6.07) is 9.85. The normalized spacial score (nSPS) is 10.3. The van der Waals surface area contributed by atoms with Gasteiger partial charge in [-0.3, -0.25) is 9.59 Å². The number of hydrogen-bond donors (Lipinski definition) is 3. The van der Waals surface area contributed by atoms with E-state index < -0.39 is 0 Å². The summed E-state index contributed by atoms with van der Waals surface area (Å²) in [4.78, 5) is 23.8. The van der Waals surface area contributed by atoms with Crippen LogP contribution in [0.15, 0.2) is 36.4 Å². The molecule has 0 spiro atoms. The largest absolute Gasteiger partial charge is 0.375 e. The molecule has 2 aromatic rings. The topological polar surface area (TPSA) is 70.2 Å². The molecule has 2 rings (SSSR count). The molecule has 0 unspecified atom stereocenters. The number of carbonyl (C=O) groups is 2. The minimum atomic E-state index is -0.310. The van der Waals surface area contributed by atoms with Gasteiger partial charge in [0.1, 0.15) is 0 Å². The van der Waals surface area contributed by atoms with E-state index in [1.165, 1.54) is 0 Å². The third-order valence-corrected chi connectivity index (χ3v) is 4.25. The zero-order valence-corrected chi connectivity index (χ0v) is 16.3. The Morgan fingerprint density at radius 1 is 0.885 bits per heavy atom. The fraction of sp³-hybridized carbons (Fsp3) is 0.222. The van der Waals surface area contributed by atoms with E-state index in [0.29, 0.717) is 38.6 Å². The third kappa shape index (κ3) is 6.09. The van der Waals surface area contributed by atoms with Gasteiger partial charge in [0, 0.05) is 17.1 Å². The molecular formula is C18H18Cl3N3O2. The predicted octanol–water partition coefficient (Wildman–Crippen LogP) is 5.44. The van der Waals surface area contributed by atoms with Crippen molar-refractivity contribution in [3.8, 4) is 0 Å². The molecule has 5 nitrogen and oxygen atoms in total. The quantitative estimate of drug-likeness (QED) is 0.565. The van der Waals surface area contributed by atoms with E-state index in [-0.39, 0.29) is 18.4 Å². The minimum Gasteiger partial charge on any atom is -0.375 e. The molecule has 0 heterocycles. The average molecular weight is 415 g/mol. The van der Waals surface area contributed by atoms with Crippen LogP contribution >= 0.6 is 34.8 Å². The van der Waals surface area contributed by atoms with Crippen LogP contribution in [0.3, 0.4) is 0 Å². The van der Waals surface area contributed by atoms with Gasteiger partial charge in [0.05, 0.1) is 28.0 Å². The van der Waals surface area contributed by atoms with Gasteiger partial charge >= 0.3 is 0 Å². The Morgan fingerprint density at radius 2 is 1.65 bits per heavy atom. The monoisotopic (exact) mass is 413 g/mol. The van der Waals surface area contributed by atoms with Crippen LogP contribution in [-0.4, -0.2) is 18.4 Å². The van der Waals surface area contributed by atoms with Crippen molar-refractivity contribution in [1.82, 2.24) is 0 Å². The van der Waals surface area contributed by atoms with Gasteiger partial charge in [-0.15, -0.1) is 0 Å². The first-order valence-corrected chi connectivity index (χ1v) is 9.10. The van der Waals surface area contributed by atoms with Crippen molar-refractivity contribution in [3.63, 3.8) is 0 Å². The summed E-state index contributed by atoms with van der Waals surface area (Å²) in [6.45, 7) is 1.91. The van der Waals surface area contributed by atoms with Crippen LogP contribution in [0.2, 0.25) is 15.1 Å². The molecule has 0 aliphatic carbocycles. The van der Waals surface area contributed by atoms with E-state index >= 15 is 0 Å². The predicted molar refractivity (Wildman–Crippen MR) is 109 cm³/mol. The first kappa shape index (κ1) is 20.4. The van der Waals surface area contributed by atoms with E-state index in [4.69, 9.17) is 34.8 Å². The average Bonchev–Trinajstić information content (AvgIpc) is 2.57. The highest BCUT2D eigenvalue weighted by molar-refractivity contribution is 6.36. The van der Waals surface area contributed by atoms with Crippen LogP contribution in [0.5, 0.6) is 0 Å². The molecule has 138 valence electrons. The summed E-state index contributed by atoms with van der Waals surface area (Å²) in [5, 5.41) is 9.70. The van der Waals surface area contributed by atoms with E-state index in [1.54, 1.807) is 36.4 Å². The van der Waals surface area contributed by atoms with Gasteiger partial charge in [0.25, 0.3) is 0 Å². The highest BCUT2D eigenvalue weighted by atomic mass is 35.5. The summed E-state index contributed by atoms with van der Waals surface area (Å²) >= 11 is 18.0. The number of rotatable bonds is 7. The minimum absolute atomic E-state index is 0.00982. The van der Waals surface area contributed by atoms with Crippen molar-refractivity contribution in [2.75, 3.05) is 22.5 Å². The molecule has 0 radical (unpaired) electrons. The van der Waals surface area contributed by atoms with E-state index in [2.05, 4.69) is 16.0 Å². The van der Waals surface area contributed by atoms with Crippen molar-refractivity contribution >= 4 is 63.7 Å². The van der Waals surface area contributed by atoms with Crippen LogP contribution in [0.25, 0.3) is 0 Å². The second kappa shape index (κ2) is 9.67. The highest BCUT2D eigenvalue weighted by Gasteiger charge is 2.09. The Kier molecular flexibility index (Phi) is 7.57. The maximum Gasteiger partial charge on any atom is 0.243 e. The number of benzene rings is 2. The molecule has 26 heavy (non-hydrogen) atoms. The molecule has 2 amide bonds. The van der Waals surface area contributed by atoms with Gasteiger partial charge in [-0.2, -0.15) is 0 Å². The van der Waals surface area contributed by atoms with Gasteiger partial charge in [-0.05, 0) is 42.8 Å². The van der Waals surface area contributed by atoms with E-state index in [9.17, 15) is 9.59 Å². The summed E-state index contributed by atoms with van der Waals surface area (Å²) < 4.78 is 0. The second-order valence-corrected chi connectivity index (χ2v) is 6.77. The Bertz CT molecular complexity index is 812. The van der Waals surface area contributed by atoms with Gasteiger partial charge < -0.3 is 16.0 Å². The Hall–Kier alpha value is -1.95. The summed E-state index contributed by atoms with van der Waals surface area (Å²) in [5.74, 6) is -0.402. The lowest BCUT2D eigenvalue weighted by Crippen LogP contribution is -2.22. The van der Waals surface area contributed by atoms with Crippen LogP contribution in [-0.2, 0) is 9.59 Å². The number of nitrogens with one attached hydrogen (secondary N) is 3. The molecular weight excluding hydrogens is 397 g/mol. The summed E-state index contributed by atoms with van der Waals surface area (Å²) in [5.41, 5.74) is 1.57. The standard InChI is InChI=1S/C18H18Cl3N3O2/c1-2-3-17(25)23-12-5-6-13(20)16(9-12)24-18(26)10-22-15-7-4-11(19)8-14(15)21/h4-9,22H,2-3,10H2,1H3,(H,23,25)(H,24,26). The summed E-state index contributed by atoms with van der Waals surface area (Å²) in [6.07, 6.45) is 1.18. The van der Waals surface area contributed by atoms with Gasteiger partial charge in [0.15, 0.2) is 0 Å². The molecule has 0 atom stereocenters. The van der Waals surface area contributed by atoms with Crippen molar-refractivity contribution in [1.29, 1.82) is 0 Å². The molecule has 0 aliphatic heterocycles. The van der Waals surface area contributed by atoms with Crippen LogP contribution in [0, 0.1) is 0 Å². The first-order valence-electron chi connectivity index (χ1n) is 7.97. The zero-order chi connectivity index (χ0) is 19.1. The molecule has 0 aromatic heterocycles. The Balaban J connectivity index is 1.98. The molecule has 8 heteroatoms. The molecule has 0 fully saturated rings. The highest BCUT2D eigenvalue weighted by Crippen LogP contribution is 2.27. The zero-order valence-electron chi connectivity index (χ0n) is 14.0. The fourth-order valence-electron chi connectivity index (χ4n) is 2.15. The lowest BCUT2D eigenvalue weighted by Gasteiger charge is -2.12. The number of halogens is 3. The van der Waals surface area contributed by atoms with Gasteiger partial charge in [-0.25, -0.2) is 0 Å². The fourth-order valence-corrected chi connectivity index (χ4v) is 2.79. The van der Waals surface area contributed by atoms with Crippen molar-refractivity contribution in [2.45, 2.75) is 19.8 Å². The maximum absolute atomic E-state index is 12.2. The summed E-state index contributed by atoms with van der Waals surface area (Å²) in [7, 11) is 0. The van der Waals surface area contributed by atoms with Crippen molar-refractivity contribution < 1.29 is 9.59 Å². The molecule has 0 saturated carbocycles. The second-order valence-electron chi connectivity index (χ2n) is 5.52. The van der Waals surface area contributed by atoms with Gasteiger partial charge in [-0.1, -0.05) is 41.7 Å². The molecule has 2 aromatic carbocycles. The smallest absolute Gasteiger partial charge is 0.243 e. The number of amides is 2. The SMILES string of the molecule is CCCC(=O)Nc1ccc(Cl)c(NC(=O)CNc2ccc(Cl)cc2Cl)c1. The third-order valence-electron chi connectivity index (χ3n) is 3.37. The Labute approximate surface area is 167 Å². The maximum atomic E-state index is 12.2. The van der Waals surface area contributed by atoms with Crippen LogP contribution < -0.4 is 16.0 Å². The van der Waals surface area contributed by atoms with Crippen LogP contribution in [0.4, 0.5) is 17.1 Å². The number of hydrogen-bond acceptors (Lipinski definition) is 3. The molecule has 0 aliphatic rings. The van der Waals surface area contributed by atoms with E-state index in [0.717, 1.165) is 6.42 Å².